The van der Waals surface area contributed by atoms with Crippen molar-refractivity contribution < 1.29 is 4.74 Å². The Kier molecular flexibility index (Phi) is 4.43. The summed E-state index contributed by atoms with van der Waals surface area (Å²) in [7, 11) is 1.73. The number of hydrogen-bond acceptors (Lipinski definition) is 3. The third-order valence-electron chi connectivity index (χ3n) is 3.84. The Labute approximate surface area is 115 Å². The molecule has 1 unspecified atom stereocenters. The van der Waals surface area contributed by atoms with E-state index >= 15 is 0 Å². The topological polar surface area (TPSA) is 62.3 Å². The van der Waals surface area contributed by atoms with Crippen LogP contribution in [0.1, 0.15) is 25.3 Å². The fourth-order valence-electron chi connectivity index (χ4n) is 2.42. The zero-order chi connectivity index (χ0) is 13.8. The highest BCUT2D eigenvalue weighted by molar-refractivity contribution is 5.95. The lowest BCUT2D eigenvalue weighted by Gasteiger charge is -2.31. The molecular weight excluding hydrogens is 238 g/mol. The van der Waals surface area contributed by atoms with Gasteiger partial charge >= 0.3 is 0 Å². The van der Waals surface area contributed by atoms with Crippen LogP contribution < -0.4 is 10.6 Å². The quantitative estimate of drug-likeness (QED) is 0.584. The van der Waals surface area contributed by atoms with Gasteiger partial charge in [0.25, 0.3) is 0 Å². The third kappa shape index (κ3) is 3.47. The number of nitrogens with one attached hydrogen (secondary N) is 1. The SMILES string of the molecule is COCCN(c1ccc(C(=N)N)cc1)C(C)C1CC1. The van der Waals surface area contributed by atoms with Gasteiger partial charge in [-0.3, -0.25) is 5.41 Å². The van der Waals surface area contributed by atoms with Crippen LogP contribution in [0.15, 0.2) is 24.3 Å². The van der Waals surface area contributed by atoms with Gasteiger partial charge in [-0.1, -0.05) is 0 Å². The summed E-state index contributed by atoms with van der Waals surface area (Å²) in [5, 5.41) is 7.43. The molecule has 19 heavy (non-hydrogen) atoms. The van der Waals surface area contributed by atoms with Gasteiger partial charge in [0, 0.05) is 30.9 Å². The summed E-state index contributed by atoms with van der Waals surface area (Å²) in [4.78, 5) is 2.39. The fourth-order valence-corrected chi connectivity index (χ4v) is 2.42. The van der Waals surface area contributed by atoms with Crippen molar-refractivity contribution in [1.29, 1.82) is 5.41 Å². The number of nitrogens with zero attached hydrogens (tertiary/aromatic N) is 1. The van der Waals surface area contributed by atoms with E-state index in [1.54, 1.807) is 7.11 Å². The number of benzene rings is 1. The monoisotopic (exact) mass is 261 g/mol. The van der Waals surface area contributed by atoms with Gasteiger partial charge in [-0.15, -0.1) is 0 Å². The molecule has 1 aromatic carbocycles. The summed E-state index contributed by atoms with van der Waals surface area (Å²) in [6.45, 7) is 3.91. The van der Waals surface area contributed by atoms with Crippen LogP contribution >= 0.6 is 0 Å². The molecule has 2 rings (SSSR count). The van der Waals surface area contributed by atoms with Crippen molar-refractivity contribution in [1.82, 2.24) is 0 Å². The Morgan fingerprint density at radius 3 is 2.53 bits per heavy atom. The molecule has 1 aliphatic carbocycles. The first-order valence-electron chi connectivity index (χ1n) is 6.83. The Morgan fingerprint density at radius 1 is 1.42 bits per heavy atom. The summed E-state index contributed by atoms with van der Waals surface area (Å²) in [5.74, 6) is 0.926. The summed E-state index contributed by atoms with van der Waals surface area (Å²) in [5.41, 5.74) is 7.44. The first kappa shape index (κ1) is 13.9. The molecule has 0 heterocycles. The second-order valence-electron chi connectivity index (χ2n) is 5.22. The highest BCUT2D eigenvalue weighted by Crippen LogP contribution is 2.36. The Bertz CT molecular complexity index is 426. The lowest BCUT2D eigenvalue weighted by molar-refractivity contribution is 0.202. The standard InChI is InChI=1S/C15H23N3O/c1-11(12-3-4-12)18(9-10-19-2)14-7-5-13(6-8-14)15(16)17/h5-8,11-12H,3-4,9-10H2,1-2H3,(H3,16,17). The van der Waals surface area contributed by atoms with E-state index in [9.17, 15) is 0 Å². The van der Waals surface area contributed by atoms with Crippen molar-refractivity contribution in [2.45, 2.75) is 25.8 Å². The predicted molar refractivity (Wildman–Crippen MR) is 78.9 cm³/mol. The number of hydrogen-bond donors (Lipinski definition) is 2. The minimum absolute atomic E-state index is 0.116. The smallest absolute Gasteiger partial charge is 0.122 e. The van der Waals surface area contributed by atoms with Gasteiger partial charge < -0.3 is 15.4 Å². The first-order valence-corrected chi connectivity index (χ1v) is 6.83. The largest absolute Gasteiger partial charge is 0.384 e. The van der Waals surface area contributed by atoms with Crippen LogP contribution in [-0.4, -0.2) is 32.1 Å². The van der Waals surface area contributed by atoms with Crippen molar-refractivity contribution in [3.63, 3.8) is 0 Å². The van der Waals surface area contributed by atoms with Crippen molar-refractivity contribution >= 4 is 11.5 Å². The molecule has 0 saturated heterocycles. The number of anilines is 1. The number of nitrogens with two attached hydrogens (primary N) is 1. The van der Waals surface area contributed by atoms with Crippen LogP contribution in [-0.2, 0) is 4.74 Å². The van der Waals surface area contributed by atoms with E-state index in [-0.39, 0.29) is 5.84 Å². The van der Waals surface area contributed by atoms with E-state index in [1.165, 1.54) is 18.5 Å². The molecule has 0 amide bonds. The van der Waals surface area contributed by atoms with E-state index < -0.39 is 0 Å². The van der Waals surface area contributed by atoms with Gasteiger partial charge in [-0.25, -0.2) is 0 Å². The normalized spacial score (nSPS) is 16.1. The molecule has 1 saturated carbocycles. The van der Waals surface area contributed by atoms with Gasteiger partial charge in [0.2, 0.25) is 0 Å². The number of nitrogen functional groups attached to an aromatic ring is 1. The zero-order valence-corrected chi connectivity index (χ0v) is 11.7. The van der Waals surface area contributed by atoms with Crippen LogP contribution in [0.3, 0.4) is 0 Å². The molecule has 1 aliphatic rings. The number of rotatable bonds is 7. The van der Waals surface area contributed by atoms with Crippen molar-refractivity contribution in [3.8, 4) is 0 Å². The molecule has 1 aromatic rings. The highest BCUT2D eigenvalue weighted by atomic mass is 16.5. The second-order valence-corrected chi connectivity index (χ2v) is 5.22. The van der Waals surface area contributed by atoms with Crippen LogP contribution in [0.2, 0.25) is 0 Å². The third-order valence-corrected chi connectivity index (χ3v) is 3.84. The van der Waals surface area contributed by atoms with Gasteiger partial charge in [0.05, 0.1) is 6.61 Å². The van der Waals surface area contributed by atoms with Crippen molar-refractivity contribution in [2.24, 2.45) is 11.7 Å². The lowest BCUT2D eigenvalue weighted by atomic mass is 10.1. The van der Waals surface area contributed by atoms with Crippen LogP contribution in [0.25, 0.3) is 0 Å². The highest BCUT2D eigenvalue weighted by Gasteiger charge is 2.32. The van der Waals surface area contributed by atoms with Gasteiger partial charge in [-0.05, 0) is 49.9 Å². The minimum atomic E-state index is 0.116. The van der Waals surface area contributed by atoms with E-state index in [4.69, 9.17) is 15.9 Å². The second kappa shape index (κ2) is 6.06. The van der Waals surface area contributed by atoms with Crippen molar-refractivity contribution in [3.05, 3.63) is 29.8 Å². The maximum atomic E-state index is 7.43. The number of amidine groups is 1. The molecule has 0 aromatic heterocycles. The molecule has 4 nitrogen and oxygen atoms in total. The average Bonchev–Trinajstić information content (AvgIpc) is 3.23. The molecular formula is C15H23N3O. The molecule has 0 radical (unpaired) electrons. The summed E-state index contributed by atoms with van der Waals surface area (Å²) >= 11 is 0. The summed E-state index contributed by atoms with van der Waals surface area (Å²) in [6, 6.07) is 8.46. The van der Waals surface area contributed by atoms with E-state index in [0.29, 0.717) is 6.04 Å². The van der Waals surface area contributed by atoms with Crippen molar-refractivity contribution in [2.75, 3.05) is 25.2 Å². The minimum Gasteiger partial charge on any atom is -0.384 e. The summed E-state index contributed by atoms with van der Waals surface area (Å²) < 4.78 is 5.21. The Balaban J connectivity index is 2.13. The van der Waals surface area contributed by atoms with Gasteiger partial charge in [-0.2, -0.15) is 0 Å². The number of ether oxygens (including phenoxy) is 1. The van der Waals surface area contributed by atoms with Gasteiger partial charge in [0.1, 0.15) is 5.84 Å². The van der Waals surface area contributed by atoms with Gasteiger partial charge in [0.15, 0.2) is 0 Å². The first-order chi connectivity index (χ1) is 9.13. The molecule has 0 aliphatic heterocycles. The molecule has 4 heteroatoms. The molecule has 1 fully saturated rings. The maximum absolute atomic E-state index is 7.43. The number of methoxy groups -OCH3 is 1. The molecule has 104 valence electrons. The fraction of sp³-hybridized carbons (Fsp3) is 0.533. The Hall–Kier alpha value is -1.55. The van der Waals surface area contributed by atoms with Crippen LogP contribution in [0.4, 0.5) is 5.69 Å². The van der Waals surface area contributed by atoms with Crippen LogP contribution in [0.5, 0.6) is 0 Å². The van der Waals surface area contributed by atoms with E-state index in [1.807, 2.05) is 24.3 Å². The Morgan fingerprint density at radius 2 is 2.05 bits per heavy atom. The van der Waals surface area contributed by atoms with E-state index in [0.717, 1.165) is 24.6 Å². The molecule has 0 spiro atoms. The summed E-state index contributed by atoms with van der Waals surface area (Å²) in [6.07, 6.45) is 2.66. The van der Waals surface area contributed by atoms with E-state index in [2.05, 4.69) is 11.8 Å². The van der Waals surface area contributed by atoms with Crippen LogP contribution in [0, 0.1) is 11.3 Å². The zero-order valence-electron chi connectivity index (χ0n) is 11.7. The molecule has 0 bridgehead atoms. The maximum Gasteiger partial charge on any atom is 0.122 e. The average molecular weight is 261 g/mol. The lowest BCUT2D eigenvalue weighted by Crippen LogP contribution is -2.37. The predicted octanol–water partition coefficient (Wildman–Crippen LogP) is 2.22. The molecule has 3 N–H and O–H groups in total. The molecule has 1 atom stereocenters.